The van der Waals surface area contributed by atoms with E-state index >= 15 is 0 Å². The molecule has 7 aromatic rings. The van der Waals surface area contributed by atoms with Gasteiger partial charge in [0.15, 0.2) is 0 Å². The summed E-state index contributed by atoms with van der Waals surface area (Å²) in [6.45, 7) is 4.56. The Morgan fingerprint density at radius 1 is 0.640 bits per heavy atom. The van der Waals surface area contributed by atoms with E-state index in [0.29, 0.717) is 0 Å². The molecule has 1 aliphatic heterocycles. The van der Waals surface area contributed by atoms with Crippen molar-refractivity contribution in [1.29, 1.82) is 0 Å². The standard InChI is InChI=1S/C31H27N4Si.C12H10N.Pt/c1-31(2)19-10-13-23-29(34-35-30(23)31)24-14-9-18-28(33-24)36(27-17-7-8-20-32-27)25-15-5-3-11-21(25)22-12-4-6-16-26(22)36;1-3-7-11(8-4-1)13-12-9-5-2-6-10-12;/h3-9,11-12,14-18,20H,10,13,19H2,1-2H3;1-10H;/q2*-1;+2. The quantitative estimate of drug-likeness (QED) is 0.169. The van der Waals surface area contributed by atoms with Gasteiger partial charge < -0.3 is 15.5 Å². The number of nitrogens with zero attached hydrogens (tertiary/aromatic N) is 5. The minimum absolute atomic E-state index is 0. The summed E-state index contributed by atoms with van der Waals surface area (Å²) in [5.41, 5.74) is 8.93. The summed E-state index contributed by atoms with van der Waals surface area (Å²) >= 11 is 0. The van der Waals surface area contributed by atoms with E-state index in [1.54, 1.807) is 0 Å². The number of para-hydroxylation sites is 2. The molecule has 0 N–H and O–H groups in total. The number of hydrogen-bond donors (Lipinski definition) is 0. The summed E-state index contributed by atoms with van der Waals surface area (Å²) in [6.07, 6.45) is 5.24. The Hall–Kier alpha value is -4.90. The van der Waals surface area contributed by atoms with Crippen LogP contribution in [0.4, 0.5) is 11.4 Å². The fourth-order valence-electron chi connectivity index (χ4n) is 7.58. The van der Waals surface area contributed by atoms with Crippen LogP contribution in [-0.4, -0.2) is 23.1 Å². The zero-order valence-corrected chi connectivity index (χ0v) is 31.4. The molecule has 0 fully saturated rings. The van der Waals surface area contributed by atoms with Gasteiger partial charge in [-0.3, -0.25) is 9.97 Å². The first-order chi connectivity index (χ1) is 24.1. The van der Waals surface area contributed by atoms with Crippen molar-refractivity contribution in [3.8, 4) is 22.5 Å². The summed E-state index contributed by atoms with van der Waals surface area (Å²) < 4.78 is 0. The molecule has 3 aromatic heterocycles. The topological polar surface area (TPSA) is 66.9 Å². The van der Waals surface area contributed by atoms with Gasteiger partial charge in [-0.1, -0.05) is 141 Å². The Morgan fingerprint density at radius 3 is 1.84 bits per heavy atom. The van der Waals surface area contributed by atoms with E-state index in [-0.39, 0.29) is 26.5 Å². The molecule has 50 heavy (non-hydrogen) atoms. The maximum Gasteiger partial charge on any atom is 2.00 e. The van der Waals surface area contributed by atoms with E-state index in [1.165, 1.54) is 27.1 Å². The normalized spacial score (nSPS) is 14.5. The van der Waals surface area contributed by atoms with Gasteiger partial charge in [0.1, 0.15) is 0 Å². The number of rotatable bonds is 5. The third-order valence-corrected chi connectivity index (χ3v) is 14.4. The molecule has 0 radical (unpaired) electrons. The molecule has 0 amide bonds. The maximum absolute atomic E-state index is 5.42. The smallest absolute Gasteiger partial charge is 0.658 e. The summed E-state index contributed by atoms with van der Waals surface area (Å²) in [6, 6.07) is 50.3. The van der Waals surface area contributed by atoms with E-state index in [4.69, 9.17) is 15.1 Å². The number of pyridine rings is 2. The molecule has 0 bridgehead atoms. The predicted octanol–water partition coefficient (Wildman–Crippen LogP) is 7.49. The fraction of sp³-hybridized carbons (Fsp3) is 0.140. The Labute approximate surface area is 309 Å². The second-order valence-corrected chi connectivity index (χ2v) is 17.0. The Morgan fingerprint density at radius 2 is 1.22 bits per heavy atom. The van der Waals surface area contributed by atoms with Crippen LogP contribution in [0, 0.1) is 0 Å². The largest absolute Gasteiger partial charge is 2.00 e. The average molecular weight is 847 g/mol. The second kappa shape index (κ2) is 14.1. The molecule has 4 aromatic carbocycles. The van der Waals surface area contributed by atoms with Gasteiger partial charge in [0.05, 0.1) is 0 Å². The van der Waals surface area contributed by atoms with Crippen LogP contribution < -0.4 is 26.1 Å². The average Bonchev–Trinajstić information content (AvgIpc) is 3.73. The molecule has 4 heterocycles. The molecule has 9 rings (SSSR count). The summed E-state index contributed by atoms with van der Waals surface area (Å²) in [7, 11) is -2.70. The van der Waals surface area contributed by atoms with Crippen molar-refractivity contribution in [2.75, 3.05) is 0 Å². The molecule has 7 heteroatoms. The van der Waals surface area contributed by atoms with Crippen LogP contribution in [0.5, 0.6) is 0 Å². The van der Waals surface area contributed by atoms with Gasteiger partial charge in [-0.2, -0.15) is 0 Å². The third kappa shape index (κ3) is 5.97. The van der Waals surface area contributed by atoms with Crippen LogP contribution in [0.2, 0.25) is 0 Å². The molecule has 0 atom stereocenters. The summed E-state index contributed by atoms with van der Waals surface area (Å²) in [4.78, 5) is 10.4. The van der Waals surface area contributed by atoms with Crippen molar-refractivity contribution in [2.45, 2.75) is 38.5 Å². The predicted molar refractivity (Wildman–Crippen MR) is 203 cm³/mol. The molecule has 0 saturated heterocycles. The molecule has 1 aliphatic carbocycles. The second-order valence-electron chi connectivity index (χ2n) is 13.4. The number of hydrogen-bond acceptors (Lipinski definition) is 3. The molecule has 2 aliphatic rings. The maximum atomic E-state index is 5.42. The van der Waals surface area contributed by atoms with E-state index < -0.39 is 8.07 Å². The van der Waals surface area contributed by atoms with Crippen LogP contribution in [0.3, 0.4) is 0 Å². The number of benzene rings is 4. The Kier molecular flexibility index (Phi) is 9.50. The first-order valence-corrected chi connectivity index (χ1v) is 19.0. The Bertz CT molecular complexity index is 2130. The number of fused-ring (bicyclic) bond motifs is 4. The van der Waals surface area contributed by atoms with Gasteiger partial charge in [0.2, 0.25) is 8.07 Å². The first kappa shape index (κ1) is 33.6. The SMILES string of the molecule is CC1(C)CCCc2c1n[n-]c2-c1cccc([Si]2(c3ccccn3)c3ccccc3-c3ccccc32)n1.[Pt+2].c1ccc([N-]c2ccccc2)cc1. The van der Waals surface area contributed by atoms with Crippen molar-refractivity contribution in [3.63, 3.8) is 0 Å². The first-order valence-electron chi connectivity index (χ1n) is 17.0. The van der Waals surface area contributed by atoms with E-state index in [2.05, 4.69) is 103 Å². The van der Waals surface area contributed by atoms with Crippen molar-refractivity contribution in [3.05, 3.63) is 168 Å². The van der Waals surface area contributed by atoms with Gasteiger partial charge in [0, 0.05) is 33.6 Å². The van der Waals surface area contributed by atoms with Crippen molar-refractivity contribution < 1.29 is 21.1 Å². The van der Waals surface area contributed by atoms with Crippen LogP contribution in [-0.2, 0) is 32.9 Å². The number of aromatic nitrogens is 4. The third-order valence-electron chi connectivity index (χ3n) is 9.84. The Balaban J connectivity index is 0.000000236. The summed E-state index contributed by atoms with van der Waals surface area (Å²) in [5, 5.41) is 18.7. The summed E-state index contributed by atoms with van der Waals surface area (Å²) in [5.74, 6) is 0. The van der Waals surface area contributed by atoms with E-state index in [9.17, 15) is 0 Å². The monoisotopic (exact) mass is 846 g/mol. The van der Waals surface area contributed by atoms with Crippen LogP contribution in [0.25, 0.3) is 27.8 Å². The van der Waals surface area contributed by atoms with Gasteiger partial charge >= 0.3 is 21.1 Å². The van der Waals surface area contributed by atoms with Crippen molar-refractivity contribution in [2.24, 2.45) is 0 Å². The zero-order chi connectivity index (χ0) is 33.3. The van der Waals surface area contributed by atoms with Gasteiger partial charge in [0.25, 0.3) is 0 Å². The van der Waals surface area contributed by atoms with Gasteiger partial charge in [-0.05, 0) is 70.6 Å². The van der Waals surface area contributed by atoms with E-state index in [1.807, 2.05) is 72.9 Å². The van der Waals surface area contributed by atoms with Crippen LogP contribution in [0.15, 0.2) is 152 Å². The van der Waals surface area contributed by atoms with Crippen LogP contribution >= 0.6 is 0 Å². The zero-order valence-electron chi connectivity index (χ0n) is 28.1. The molecule has 5 nitrogen and oxygen atoms in total. The molecule has 0 saturated carbocycles. The minimum atomic E-state index is -2.70. The fourth-order valence-corrected chi connectivity index (χ4v) is 12.4. The van der Waals surface area contributed by atoms with Crippen molar-refractivity contribution >= 4 is 40.5 Å². The molecular weight excluding hydrogens is 810 g/mol. The van der Waals surface area contributed by atoms with Crippen molar-refractivity contribution in [1.82, 2.24) is 20.2 Å². The molecular formula is C43H37N5PtSi. The molecule has 0 spiro atoms. The van der Waals surface area contributed by atoms with Crippen LogP contribution in [0.1, 0.15) is 37.9 Å². The molecule has 0 unspecified atom stereocenters. The van der Waals surface area contributed by atoms with E-state index in [0.717, 1.165) is 58.4 Å². The minimum Gasteiger partial charge on any atom is -0.658 e. The molecule has 248 valence electrons. The van der Waals surface area contributed by atoms with Gasteiger partial charge in [-0.25, -0.2) is 0 Å². The van der Waals surface area contributed by atoms with Gasteiger partial charge in [-0.15, -0.1) is 11.4 Å².